The van der Waals surface area contributed by atoms with E-state index in [0.717, 1.165) is 21.9 Å². The lowest BCUT2D eigenvalue weighted by Crippen LogP contribution is -2.03. The molecule has 1 aromatic carbocycles. The van der Waals surface area contributed by atoms with Crippen molar-refractivity contribution in [3.05, 3.63) is 35.0 Å². The van der Waals surface area contributed by atoms with E-state index in [2.05, 4.69) is 4.98 Å². The smallest absolute Gasteiger partial charge is 0.352 e. The van der Waals surface area contributed by atoms with Gasteiger partial charge in [-0.1, -0.05) is 23.7 Å². The molecule has 86 valence electrons. The van der Waals surface area contributed by atoms with Crippen molar-refractivity contribution in [1.29, 1.82) is 0 Å². The highest BCUT2D eigenvalue weighted by Crippen LogP contribution is 2.31. The number of carboxylic acid groups (broad SMARTS) is 1. The average molecular weight is 249 g/mol. The summed E-state index contributed by atoms with van der Waals surface area (Å²) >= 11 is 6.08. The summed E-state index contributed by atoms with van der Waals surface area (Å²) in [5.74, 6) is -0.938. The normalized spacial score (nSPS) is 11.4. The largest absolute Gasteiger partial charge is 0.477 e. The molecule has 5 heteroatoms. The van der Waals surface area contributed by atoms with E-state index in [-0.39, 0.29) is 5.69 Å². The Kier molecular flexibility index (Phi) is 1.97. The Morgan fingerprint density at radius 1 is 1.47 bits per heavy atom. The van der Waals surface area contributed by atoms with Gasteiger partial charge >= 0.3 is 5.97 Å². The van der Waals surface area contributed by atoms with Gasteiger partial charge in [-0.25, -0.2) is 4.79 Å². The fourth-order valence-corrected chi connectivity index (χ4v) is 2.43. The predicted octanol–water partition coefficient (Wildman–Crippen LogP) is 3.01. The summed E-state index contributed by atoms with van der Waals surface area (Å²) in [6, 6.07) is 7.20. The average Bonchev–Trinajstić information content (AvgIpc) is 2.78. The van der Waals surface area contributed by atoms with Crippen molar-refractivity contribution < 1.29 is 9.90 Å². The molecule has 0 aliphatic carbocycles. The number of aromatic amines is 1. The van der Waals surface area contributed by atoms with Crippen molar-refractivity contribution in [1.82, 2.24) is 9.55 Å². The van der Waals surface area contributed by atoms with Crippen molar-refractivity contribution in [3.63, 3.8) is 0 Å². The van der Waals surface area contributed by atoms with E-state index >= 15 is 0 Å². The lowest BCUT2D eigenvalue weighted by molar-refractivity contribution is 0.0687. The van der Waals surface area contributed by atoms with Gasteiger partial charge in [-0.05, 0) is 12.1 Å². The van der Waals surface area contributed by atoms with Crippen molar-refractivity contribution in [3.8, 4) is 0 Å². The zero-order valence-corrected chi connectivity index (χ0v) is 9.75. The summed E-state index contributed by atoms with van der Waals surface area (Å²) in [5, 5.41) is 10.6. The van der Waals surface area contributed by atoms with Gasteiger partial charge in [-0.2, -0.15) is 0 Å². The van der Waals surface area contributed by atoms with E-state index in [9.17, 15) is 4.79 Å². The number of hydrogen-bond donors (Lipinski definition) is 2. The van der Waals surface area contributed by atoms with Crippen LogP contribution in [-0.4, -0.2) is 20.6 Å². The Balaban J connectivity index is 2.50. The Hall–Kier alpha value is -1.94. The van der Waals surface area contributed by atoms with E-state index in [1.54, 1.807) is 23.7 Å². The summed E-state index contributed by atoms with van der Waals surface area (Å²) in [5.41, 5.74) is 2.74. The van der Waals surface area contributed by atoms with Gasteiger partial charge in [-0.3, -0.25) is 0 Å². The molecule has 0 saturated carbocycles. The first-order valence-electron chi connectivity index (χ1n) is 5.08. The number of fused-ring (bicyclic) bond motifs is 3. The summed E-state index contributed by atoms with van der Waals surface area (Å²) in [7, 11) is 1.74. The molecular weight excluding hydrogens is 240 g/mol. The van der Waals surface area contributed by atoms with E-state index in [4.69, 9.17) is 16.7 Å². The molecule has 0 aliphatic heterocycles. The molecule has 0 spiro atoms. The molecule has 0 aliphatic rings. The van der Waals surface area contributed by atoms with Gasteiger partial charge in [0, 0.05) is 12.4 Å². The highest BCUT2D eigenvalue weighted by Gasteiger charge is 2.16. The first kappa shape index (κ1) is 10.2. The molecule has 0 radical (unpaired) electrons. The number of aromatic nitrogens is 2. The Morgan fingerprint density at radius 3 is 2.94 bits per heavy atom. The third-order valence-electron chi connectivity index (χ3n) is 2.98. The lowest BCUT2D eigenvalue weighted by atomic mass is 10.2. The van der Waals surface area contributed by atoms with E-state index < -0.39 is 5.97 Å². The molecule has 3 aromatic rings. The number of nitrogens with one attached hydrogen (secondary N) is 1. The zero-order chi connectivity index (χ0) is 12.2. The van der Waals surface area contributed by atoms with Gasteiger partial charge < -0.3 is 14.7 Å². The zero-order valence-electron chi connectivity index (χ0n) is 8.99. The minimum Gasteiger partial charge on any atom is -0.477 e. The standard InChI is InChI=1S/C12H9ClN2O2/c1-15-9(12(16)17)5-8-11(15)6-3-2-4-7(13)10(6)14-8/h2-5,14H,1H3,(H,16,17). The van der Waals surface area contributed by atoms with Crippen molar-refractivity contribution in [2.75, 3.05) is 0 Å². The van der Waals surface area contributed by atoms with Gasteiger partial charge in [0.2, 0.25) is 0 Å². The van der Waals surface area contributed by atoms with Crippen LogP contribution in [0, 0.1) is 0 Å². The number of aromatic carboxylic acids is 1. The first-order chi connectivity index (χ1) is 8.09. The minimum atomic E-state index is -0.938. The van der Waals surface area contributed by atoms with E-state index in [1.807, 2.05) is 12.1 Å². The Bertz CT molecular complexity index is 755. The summed E-state index contributed by atoms with van der Waals surface area (Å²) in [6.45, 7) is 0. The Labute approximate surface area is 101 Å². The molecule has 2 aromatic heterocycles. The van der Waals surface area contributed by atoms with Crippen molar-refractivity contribution in [2.24, 2.45) is 7.05 Å². The van der Waals surface area contributed by atoms with Crippen LogP contribution in [0.3, 0.4) is 0 Å². The molecule has 4 nitrogen and oxygen atoms in total. The monoisotopic (exact) mass is 248 g/mol. The number of aryl methyl sites for hydroxylation is 1. The molecule has 2 N–H and O–H groups in total. The van der Waals surface area contributed by atoms with Crippen LogP contribution >= 0.6 is 11.6 Å². The predicted molar refractivity (Wildman–Crippen MR) is 66.7 cm³/mol. The maximum Gasteiger partial charge on any atom is 0.352 e. The molecule has 0 fully saturated rings. The molecule has 2 heterocycles. The second kappa shape index (κ2) is 3.28. The van der Waals surface area contributed by atoms with E-state index in [1.165, 1.54) is 0 Å². The number of nitrogens with zero attached hydrogens (tertiary/aromatic N) is 1. The first-order valence-corrected chi connectivity index (χ1v) is 5.46. The number of carbonyl (C=O) groups is 1. The molecular formula is C12H9ClN2O2. The minimum absolute atomic E-state index is 0.258. The summed E-state index contributed by atoms with van der Waals surface area (Å²) in [6.07, 6.45) is 0. The second-order valence-electron chi connectivity index (χ2n) is 3.94. The topological polar surface area (TPSA) is 58.0 Å². The van der Waals surface area contributed by atoms with Crippen LogP contribution in [0.2, 0.25) is 5.02 Å². The van der Waals surface area contributed by atoms with Gasteiger partial charge in [0.25, 0.3) is 0 Å². The van der Waals surface area contributed by atoms with Crippen molar-refractivity contribution >= 4 is 39.5 Å². The van der Waals surface area contributed by atoms with Gasteiger partial charge in [0.15, 0.2) is 0 Å². The van der Waals surface area contributed by atoms with Gasteiger partial charge in [0.05, 0.1) is 21.6 Å². The number of halogens is 1. The van der Waals surface area contributed by atoms with Crippen LogP contribution in [0.4, 0.5) is 0 Å². The van der Waals surface area contributed by atoms with Crippen LogP contribution in [0.5, 0.6) is 0 Å². The van der Waals surface area contributed by atoms with Crippen LogP contribution < -0.4 is 0 Å². The molecule has 0 bridgehead atoms. The molecule has 0 atom stereocenters. The van der Waals surface area contributed by atoms with Crippen LogP contribution in [0.1, 0.15) is 10.5 Å². The highest BCUT2D eigenvalue weighted by molar-refractivity contribution is 6.36. The molecule has 0 saturated heterocycles. The van der Waals surface area contributed by atoms with Crippen LogP contribution in [0.15, 0.2) is 24.3 Å². The molecule has 17 heavy (non-hydrogen) atoms. The summed E-state index contributed by atoms with van der Waals surface area (Å²) < 4.78 is 1.66. The third-order valence-corrected chi connectivity index (χ3v) is 3.30. The lowest BCUT2D eigenvalue weighted by Gasteiger charge is -1.99. The van der Waals surface area contributed by atoms with Gasteiger partial charge in [0.1, 0.15) is 5.69 Å². The highest BCUT2D eigenvalue weighted by atomic mass is 35.5. The third kappa shape index (κ3) is 1.27. The van der Waals surface area contributed by atoms with Crippen LogP contribution in [0.25, 0.3) is 21.9 Å². The number of benzene rings is 1. The Morgan fingerprint density at radius 2 is 2.24 bits per heavy atom. The summed E-state index contributed by atoms with van der Waals surface area (Å²) in [4.78, 5) is 14.2. The number of carboxylic acids is 1. The molecule has 0 amide bonds. The fraction of sp³-hybridized carbons (Fsp3) is 0.0833. The number of para-hydroxylation sites is 1. The maximum atomic E-state index is 11.0. The fourth-order valence-electron chi connectivity index (χ4n) is 2.21. The molecule has 0 unspecified atom stereocenters. The van der Waals surface area contributed by atoms with E-state index in [0.29, 0.717) is 5.02 Å². The SMILES string of the molecule is Cn1c(C(=O)O)cc2[nH]c3c(Cl)cccc3c21. The quantitative estimate of drug-likeness (QED) is 0.695. The van der Waals surface area contributed by atoms with Gasteiger partial charge in [-0.15, -0.1) is 0 Å². The maximum absolute atomic E-state index is 11.0. The number of hydrogen-bond acceptors (Lipinski definition) is 1. The molecule has 3 rings (SSSR count). The van der Waals surface area contributed by atoms with Crippen LogP contribution in [-0.2, 0) is 7.05 Å². The number of rotatable bonds is 1. The van der Waals surface area contributed by atoms with Crippen molar-refractivity contribution in [2.45, 2.75) is 0 Å². The number of H-pyrrole nitrogens is 1. The second-order valence-corrected chi connectivity index (χ2v) is 4.35.